The topological polar surface area (TPSA) is 110 Å². The van der Waals surface area contributed by atoms with E-state index in [1.165, 1.54) is 0 Å². The lowest BCUT2D eigenvalue weighted by Gasteiger charge is -2.26. The molecule has 0 heterocycles. The highest BCUT2D eigenvalue weighted by Crippen LogP contribution is 2.28. The standard InChI is InChI=1S/C24H21N7/c25-30-27-15-23(20-13-12-17-6-1-2-8-19(17)14-20)29-24(16-28-31-26)22-11-5-9-18-7-3-4-10-21(18)22/h1-14,23-24,29H,15-16H2/t23-,24+/m1/s1. The van der Waals surface area contributed by atoms with E-state index in [0.29, 0.717) is 0 Å². The van der Waals surface area contributed by atoms with Crippen LogP contribution >= 0.6 is 0 Å². The number of nitrogens with one attached hydrogen (secondary N) is 1. The smallest absolute Gasteiger partial charge is 0.0454 e. The van der Waals surface area contributed by atoms with E-state index in [4.69, 9.17) is 11.1 Å². The lowest BCUT2D eigenvalue weighted by Crippen LogP contribution is -2.30. The van der Waals surface area contributed by atoms with Gasteiger partial charge < -0.3 is 5.32 Å². The number of hydrogen-bond acceptors (Lipinski definition) is 3. The van der Waals surface area contributed by atoms with Crippen molar-refractivity contribution >= 4 is 21.5 Å². The number of benzene rings is 4. The van der Waals surface area contributed by atoms with Crippen LogP contribution in [0.25, 0.3) is 42.4 Å². The second kappa shape index (κ2) is 9.65. The second-order valence-corrected chi connectivity index (χ2v) is 7.27. The van der Waals surface area contributed by atoms with Crippen molar-refractivity contribution in [3.05, 3.63) is 117 Å². The summed E-state index contributed by atoms with van der Waals surface area (Å²) in [6.07, 6.45) is 0. The average Bonchev–Trinajstić information content (AvgIpc) is 2.83. The predicted octanol–water partition coefficient (Wildman–Crippen LogP) is 6.99. The van der Waals surface area contributed by atoms with E-state index >= 15 is 0 Å². The Morgan fingerprint density at radius 1 is 0.677 bits per heavy atom. The Hall–Kier alpha value is -4.02. The van der Waals surface area contributed by atoms with Gasteiger partial charge in [-0.05, 0) is 49.8 Å². The molecule has 4 rings (SSSR count). The number of nitrogens with zero attached hydrogens (tertiary/aromatic N) is 6. The summed E-state index contributed by atoms with van der Waals surface area (Å²) in [5.41, 5.74) is 19.9. The molecule has 0 aromatic heterocycles. The summed E-state index contributed by atoms with van der Waals surface area (Å²) in [5, 5.41) is 15.7. The van der Waals surface area contributed by atoms with Crippen molar-refractivity contribution in [1.82, 2.24) is 5.32 Å². The molecular weight excluding hydrogens is 386 g/mol. The van der Waals surface area contributed by atoms with Crippen LogP contribution in [-0.4, -0.2) is 13.1 Å². The molecule has 7 heteroatoms. The zero-order valence-corrected chi connectivity index (χ0v) is 16.8. The number of fused-ring (bicyclic) bond motifs is 2. The first-order valence-electron chi connectivity index (χ1n) is 10.0. The first-order chi connectivity index (χ1) is 15.3. The lowest BCUT2D eigenvalue weighted by molar-refractivity contribution is 0.456. The molecule has 2 atom stereocenters. The Morgan fingerprint density at radius 2 is 1.32 bits per heavy atom. The molecule has 0 fully saturated rings. The molecule has 31 heavy (non-hydrogen) atoms. The van der Waals surface area contributed by atoms with Gasteiger partial charge in [-0.3, -0.25) is 0 Å². The van der Waals surface area contributed by atoms with E-state index < -0.39 is 0 Å². The molecule has 0 radical (unpaired) electrons. The van der Waals surface area contributed by atoms with Crippen LogP contribution in [0.3, 0.4) is 0 Å². The Balaban J connectivity index is 1.75. The molecule has 0 aliphatic carbocycles. The summed E-state index contributed by atoms with van der Waals surface area (Å²) in [7, 11) is 0. The van der Waals surface area contributed by atoms with Crippen LogP contribution in [0.2, 0.25) is 0 Å². The van der Waals surface area contributed by atoms with Gasteiger partial charge in [-0.25, -0.2) is 0 Å². The van der Waals surface area contributed by atoms with Crippen molar-refractivity contribution in [3.8, 4) is 0 Å². The van der Waals surface area contributed by atoms with Crippen LogP contribution in [0, 0.1) is 0 Å². The second-order valence-electron chi connectivity index (χ2n) is 7.27. The fraction of sp³-hybridized carbons (Fsp3) is 0.167. The fourth-order valence-electron chi connectivity index (χ4n) is 3.95. The Kier molecular flexibility index (Phi) is 6.31. The quantitative estimate of drug-likeness (QED) is 0.189. The van der Waals surface area contributed by atoms with Crippen LogP contribution < -0.4 is 5.32 Å². The van der Waals surface area contributed by atoms with Gasteiger partial charge in [0.1, 0.15) is 0 Å². The van der Waals surface area contributed by atoms with Gasteiger partial charge in [0.25, 0.3) is 0 Å². The van der Waals surface area contributed by atoms with Crippen molar-refractivity contribution in [2.24, 2.45) is 10.2 Å². The third-order valence-electron chi connectivity index (χ3n) is 5.43. The van der Waals surface area contributed by atoms with Gasteiger partial charge in [-0.2, -0.15) is 0 Å². The molecule has 0 aliphatic heterocycles. The molecule has 4 aromatic rings. The summed E-state index contributed by atoms with van der Waals surface area (Å²) in [4.78, 5) is 5.93. The normalized spacial score (nSPS) is 12.6. The van der Waals surface area contributed by atoms with Crippen LogP contribution in [0.4, 0.5) is 0 Å². The van der Waals surface area contributed by atoms with Gasteiger partial charge in [-0.1, -0.05) is 89.1 Å². The van der Waals surface area contributed by atoms with E-state index in [9.17, 15) is 0 Å². The maximum Gasteiger partial charge on any atom is 0.0454 e. The van der Waals surface area contributed by atoms with Crippen LogP contribution in [-0.2, 0) is 0 Å². The van der Waals surface area contributed by atoms with E-state index in [-0.39, 0.29) is 25.2 Å². The minimum absolute atomic E-state index is 0.238. The van der Waals surface area contributed by atoms with Crippen molar-refractivity contribution < 1.29 is 0 Å². The van der Waals surface area contributed by atoms with Crippen LogP contribution in [0.1, 0.15) is 23.2 Å². The third kappa shape index (κ3) is 4.60. The maximum atomic E-state index is 8.95. The molecule has 0 amide bonds. The number of hydrogen-bond donors (Lipinski definition) is 1. The van der Waals surface area contributed by atoms with Gasteiger partial charge in [0, 0.05) is 35.0 Å². The first-order valence-corrected chi connectivity index (χ1v) is 10.0. The number of azide groups is 2. The summed E-state index contributed by atoms with van der Waals surface area (Å²) >= 11 is 0. The Bertz CT molecular complexity index is 1300. The summed E-state index contributed by atoms with van der Waals surface area (Å²) < 4.78 is 0. The Morgan fingerprint density at radius 3 is 2.10 bits per heavy atom. The summed E-state index contributed by atoms with van der Waals surface area (Å²) in [5.74, 6) is 0. The zero-order chi connectivity index (χ0) is 21.5. The highest BCUT2D eigenvalue weighted by atomic mass is 15.2. The van der Waals surface area contributed by atoms with Gasteiger partial charge in [0.15, 0.2) is 0 Å². The van der Waals surface area contributed by atoms with E-state index in [2.05, 4.69) is 67.8 Å². The highest BCUT2D eigenvalue weighted by molar-refractivity contribution is 5.86. The van der Waals surface area contributed by atoms with E-state index in [1.54, 1.807) is 0 Å². The molecule has 1 N–H and O–H groups in total. The molecule has 7 nitrogen and oxygen atoms in total. The molecule has 0 bridgehead atoms. The largest absolute Gasteiger partial charge is 0.303 e. The van der Waals surface area contributed by atoms with Gasteiger partial charge in [0.2, 0.25) is 0 Å². The fourth-order valence-corrected chi connectivity index (χ4v) is 3.95. The average molecular weight is 407 g/mol. The molecule has 4 aromatic carbocycles. The SMILES string of the molecule is [N-]=[N+]=NC[C@H](N[C@H](CN=[N+]=[N-])c1ccc2ccccc2c1)c1cccc2ccccc12. The first kappa shape index (κ1) is 20.3. The molecule has 0 unspecified atom stereocenters. The third-order valence-corrected chi connectivity index (χ3v) is 5.43. The molecular formula is C24H21N7. The molecule has 0 spiro atoms. The van der Waals surface area contributed by atoms with E-state index in [0.717, 1.165) is 32.7 Å². The number of rotatable bonds is 8. The lowest BCUT2D eigenvalue weighted by atomic mass is 9.96. The highest BCUT2D eigenvalue weighted by Gasteiger charge is 2.20. The summed E-state index contributed by atoms with van der Waals surface area (Å²) in [6, 6.07) is 28.1. The molecule has 0 saturated heterocycles. The van der Waals surface area contributed by atoms with Crippen molar-refractivity contribution in [1.29, 1.82) is 0 Å². The minimum Gasteiger partial charge on any atom is -0.303 e. The van der Waals surface area contributed by atoms with E-state index in [1.807, 2.05) is 42.5 Å². The van der Waals surface area contributed by atoms with Crippen LogP contribution in [0.15, 0.2) is 95.2 Å². The van der Waals surface area contributed by atoms with Gasteiger partial charge in [0.05, 0.1) is 0 Å². The zero-order valence-electron chi connectivity index (χ0n) is 16.8. The Labute approximate surface area is 179 Å². The minimum atomic E-state index is -0.243. The maximum absolute atomic E-state index is 8.95. The predicted molar refractivity (Wildman–Crippen MR) is 125 cm³/mol. The molecule has 0 aliphatic rings. The summed E-state index contributed by atoms with van der Waals surface area (Å²) in [6.45, 7) is 0.483. The van der Waals surface area contributed by atoms with Crippen molar-refractivity contribution in [3.63, 3.8) is 0 Å². The van der Waals surface area contributed by atoms with Crippen LogP contribution in [0.5, 0.6) is 0 Å². The van der Waals surface area contributed by atoms with Gasteiger partial charge >= 0.3 is 0 Å². The monoisotopic (exact) mass is 407 g/mol. The van der Waals surface area contributed by atoms with Crippen molar-refractivity contribution in [2.75, 3.05) is 13.1 Å². The van der Waals surface area contributed by atoms with Crippen molar-refractivity contribution in [2.45, 2.75) is 12.1 Å². The molecule has 152 valence electrons. The van der Waals surface area contributed by atoms with Gasteiger partial charge in [-0.15, -0.1) is 0 Å². The molecule has 0 saturated carbocycles.